The molecule has 3 aliphatic rings. The van der Waals surface area contributed by atoms with Crippen molar-refractivity contribution in [2.45, 2.75) is 56.4 Å². The van der Waals surface area contributed by atoms with Crippen LogP contribution in [0.5, 0.6) is 11.5 Å². The van der Waals surface area contributed by atoms with Crippen LogP contribution in [0.2, 0.25) is 0 Å². The van der Waals surface area contributed by atoms with Crippen LogP contribution in [0.3, 0.4) is 0 Å². The van der Waals surface area contributed by atoms with E-state index in [9.17, 15) is 4.57 Å². The summed E-state index contributed by atoms with van der Waals surface area (Å²) in [5, 5.41) is 0. The minimum atomic E-state index is -4.16. The first kappa shape index (κ1) is 26.0. The summed E-state index contributed by atoms with van der Waals surface area (Å²) >= 11 is 0. The number of rotatable bonds is 7. The maximum atomic E-state index is 13.9. The van der Waals surface area contributed by atoms with E-state index in [0.717, 1.165) is 12.0 Å². The van der Waals surface area contributed by atoms with Gasteiger partial charge in [0.2, 0.25) is 0 Å². The van der Waals surface area contributed by atoms with Gasteiger partial charge in [0.25, 0.3) is 5.95 Å². The predicted molar refractivity (Wildman–Crippen MR) is 143 cm³/mol. The minimum absolute atomic E-state index is 0.102. The van der Waals surface area contributed by atoms with Gasteiger partial charge in [-0.3, -0.25) is 0 Å². The number of phosphoric ester groups is 1. The van der Waals surface area contributed by atoms with Crippen molar-refractivity contribution in [3.8, 4) is 11.5 Å². The van der Waals surface area contributed by atoms with E-state index in [1.807, 2.05) is 42.5 Å². The quantitative estimate of drug-likeness (QED) is 0.292. The molecule has 39 heavy (non-hydrogen) atoms. The predicted octanol–water partition coefficient (Wildman–Crippen LogP) is 6.95. The van der Waals surface area contributed by atoms with Crippen molar-refractivity contribution in [3.63, 3.8) is 0 Å². The van der Waals surface area contributed by atoms with Crippen LogP contribution in [0.25, 0.3) is 0 Å². The van der Waals surface area contributed by atoms with Crippen LogP contribution in [0.1, 0.15) is 37.5 Å². The molecule has 0 amide bonds. The Morgan fingerprint density at radius 1 is 0.641 bits per heavy atom. The number of para-hydroxylation sites is 2. The van der Waals surface area contributed by atoms with Gasteiger partial charge < -0.3 is 32.5 Å². The standard InChI is InChI=1S/C30H31O8P/c31-39(36-23-13-6-2-7-14-23,37-24-15-8-3-9-16-24)38-29-18-10-17-25-26(34-29)19-20-27-28(33-25)21-32-30(35-27)22-11-4-1-5-12-22/h1-9,11-16,18,25-28,30H,10,17,19-21H2/t25-,26+,27-,28+,30+/m0/s1. The van der Waals surface area contributed by atoms with Gasteiger partial charge in [-0.25, -0.2) is 0 Å². The van der Waals surface area contributed by atoms with Gasteiger partial charge in [0.1, 0.15) is 23.7 Å². The molecule has 0 radical (unpaired) electrons. The van der Waals surface area contributed by atoms with Crippen molar-refractivity contribution in [2.75, 3.05) is 6.61 Å². The van der Waals surface area contributed by atoms with Crippen molar-refractivity contribution >= 4 is 7.82 Å². The molecule has 3 heterocycles. The first-order chi connectivity index (χ1) is 19.1. The summed E-state index contributed by atoms with van der Waals surface area (Å²) < 4.78 is 56.3. The first-order valence-corrected chi connectivity index (χ1v) is 14.7. The molecule has 0 unspecified atom stereocenters. The number of hydrogen-bond acceptors (Lipinski definition) is 8. The molecule has 204 valence electrons. The lowest BCUT2D eigenvalue weighted by molar-refractivity contribution is -0.270. The molecular formula is C30H31O8P. The lowest BCUT2D eigenvalue weighted by atomic mass is 10.0. The molecule has 2 saturated heterocycles. The van der Waals surface area contributed by atoms with Gasteiger partial charge in [-0.2, -0.15) is 4.57 Å². The van der Waals surface area contributed by atoms with Crippen LogP contribution in [0.4, 0.5) is 0 Å². The van der Waals surface area contributed by atoms with Gasteiger partial charge in [-0.1, -0.05) is 66.7 Å². The van der Waals surface area contributed by atoms with Crippen LogP contribution in [0, 0.1) is 0 Å². The highest BCUT2D eigenvalue weighted by molar-refractivity contribution is 7.49. The lowest BCUT2D eigenvalue weighted by Gasteiger charge is -2.36. The summed E-state index contributed by atoms with van der Waals surface area (Å²) in [7, 11) is -4.16. The molecule has 0 aromatic heterocycles. The SMILES string of the molecule is O=P(OC1=CCC[C@@H]2O[C@@H]3CO[C@@H](c4ccccc4)O[C@H]3CC[C@H]2O1)(Oc1ccccc1)Oc1ccccc1. The molecular weight excluding hydrogens is 519 g/mol. The molecule has 8 nitrogen and oxygen atoms in total. The second-order valence-corrected chi connectivity index (χ2v) is 11.1. The number of allylic oxidation sites excluding steroid dienone is 1. The Morgan fingerprint density at radius 2 is 1.23 bits per heavy atom. The topological polar surface area (TPSA) is 81.7 Å². The van der Waals surface area contributed by atoms with Gasteiger partial charge in [-0.05, 0) is 56.0 Å². The highest BCUT2D eigenvalue weighted by Crippen LogP contribution is 2.52. The molecule has 3 aliphatic heterocycles. The third kappa shape index (κ3) is 6.48. The zero-order valence-electron chi connectivity index (χ0n) is 21.4. The lowest BCUT2D eigenvalue weighted by Crippen LogP contribution is -2.43. The number of fused-ring (bicyclic) bond motifs is 2. The van der Waals surface area contributed by atoms with E-state index in [2.05, 4.69) is 0 Å². The summed E-state index contributed by atoms with van der Waals surface area (Å²) in [5.41, 5.74) is 0.983. The van der Waals surface area contributed by atoms with Gasteiger partial charge >= 0.3 is 7.82 Å². The molecule has 0 bridgehead atoms. The normalized spacial score (nSPS) is 26.9. The number of phosphoric acid groups is 1. The van der Waals surface area contributed by atoms with Crippen LogP contribution in [-0.2, 0) is 28.0 Å². The minimum Gasteiger partial charge on any atom is -0.459 e. The molecule has 0 spiro atoms. The highest BCUT2D eigenvalue weighted by atomic mass is 31.2. The average molecular weight is 551 g/mol. The highest BCUT2D eigenvalue weighted by Gasteiger charge is 2.43. The summed E-state index contributed by atoms with van der Waals surface area (Å²) in [4.78, 5) is 0. The largest absolute Gasteiger partial charge is 0.649 e. The van der Waals surface area contributed by atoms with Crippen molar-refractivity contribution in [3.05, 3.63) is 109 Å². The zero-order chi connectivity index (χ0) is 26.5. The van der Waals surface area contributed by atoms with Crippen LogP contribution < -0.4 is 9.05 Å². The molecule has 3 aromatic rings. The number of hydrogen-bond donors (Lipinski definition) is 0. The Bertz CT molecular complexity index is 1240. The molecule has 3 aromatic carbocycles. The summed E-state index contributed by atoms with van der Waals surface area (Å²) in [5.74, 6) is 0.817. The van der Waals surface area contributed by atoms with Crippen LogP contribution in [-0.4, -0.2) is 31.0 Å². The second-order valence-electron chi connectivity index (χ2n) is 9.64. The molecule has 0 saturated carbocycles. The fourth-order valence-corrected chi connectivity index (χ4v) is 6.17. The molecule has 9 heteroatoms. The third-order valence-corrected chi connectivity index (χ3v) is 8.12. The maximum absolute atomic E-state index is 13.9. The Kier molecular flexibility index (Phi) is 7.88. The fourth-order valence-electron chi connectivity index (χ4n) is 4.96. The first-order valence-electron chi connectivity index (χ1n) is 13.3. The van der Waals surface area contributed by atoms with E-state index >= 15 is 0 Å². The molecule has 5 atom stereocenters. The van der Waals surface area contributed by atoms with Gasteiger partial charge in [0, 0.05) is 5.56 Å². The Morgan fingerprint density at radius 3 is 1.90 bits per heavy atom. The summed E-state index contributed by atoms with van der Waals surface area (Å²) in [6, 6.07) is 27.5. The van der Waals surface area contributed by atoms with E-state index in [0.29, 0.717) is 37.4 Å². The molecule has 0 N–H and O–H groups in total. The van der Waals surface area contributed by atoms with E-state index in [1.165, 1.54) is 0 Å². The number of ether oxygens (including phenoxy) is 4. The van der Waals surface area contributed by atoms with Gasteiger partial charge in [-0.15, -0.1) is 0 Å². The summed E-state index contributed by atoms with van der Waals surface area (Å²) in [6.45, 7) is 0.440. The number of benzene rings is 3. The Labute approximate surface area is 228 Å². The van der Waals surface area contributed by atoms with Crippen LogP contribution >= 0.6 is 7.82 Å². The van der Waals surface area contributed by atoms with Crippen molar-refractivity contribution < 1.29 is 37.1 Å². The van der Waals surface area contributed by atoms with Gasteiger partial charge in [0.15, 0.2) is 6.29 Å². The smallest absolute Gasteiger partial charge is 0.459 e. The average Bonchev–Trinajstić information content (AvgIpc) is 3.25. The Hall–Kier alpha value is -3.29. The van der Waals surface area contributed by atoms with E-state index in [4.69, 9.17) is 32.5 Å². The third-order valence-electron chi connectivity index (χ3n) is 6.85. The molecule has 6 rings (SSSR count). The zero-order valence-corrected chi connectivity index (χ0v) is 22.3. The van der Waals surface area contributed by atoms with Crippen molar-refractivity contribution in [1.29, 1.82) is 0 Å². The maximum Gasteiger partial charge on any atom is 0.649 e. The molecule has 2 fully saturated rings. The van der Waals surface area contributed by atoms with Crippen LogP contribution in [0.15, 0.2) is 103 Å². The van der Waals surface area contributed by atoms with Gasteiger partial charge in [0.05, 0.1) is 18.8 Å². The summed E-state index contributed by atoms with van der Waals surface area (Å²) in [6.07, 6.45) is 3.25. The second kappa shape index (κ2) is 11.8. The monoisotopic (exact) mass is 550 g/mol. The van der Waals surface area contributed by atoms with E-state index in [1.54, 1.807) is 54.6 Å². The molecule has 0 aliphatic carbocycles. The Balaban J connectivity index is 1.15. The fraction of sp³-hybridized carbons (Fsp3) is 0.333. The van der Waals surface area contributed by atoms with E-state index in [-0.39, 0.29) is 30.4 Å². The van der Waals surface area contributed by atoms with E-state index < -0.39 is 14.1 Å². The van der Waals surface area contributed by atoms with Crippen molar-refractivity contribution in [1.82, 2.24) is 0 Å². The van der Waals surface area contributed by atoms with Crippen molar-refractivity contribution in [2.24, 2.45) is 0 Å².